The van der Waals surface area contributed by atoms with Gasteiger partial charge in [-0.15, -0.1) is 16.8 Å². The second-order valence-corrected chi connectivity index (χ2v) is 7.93. The average molecular weight is 428 g/mol. The summed E-state index contributed by atoms with van der Waals surface area (Å²) in [7, 11) is 0. The third-order valence-corrected chi connectivity index (χ3v) is 5.79. The van der Waals surface area contributed by atoms with Gasteiger partial charge in [-0.1, -0.05) is 48.0 Å². The van der Waals surface area contributed by atoms with E-state index in [1.54, 1.807) is 6.08 Å². The maximum absolute atomic E-state index is 12.3. The third-order valence-electron chi connectivity index (χ3n) is 5.79. The minimum atomic E-state index is -0.0641. The van der Waals surface area contributed by atoms with Crippen LogP contribution in [0, 0.1) is 6.92 Å². The van der Waals surface area contributed by atoms with Crippen molar-refractivity contribution in [2.24, 2.45) is 0 Å². The highest BCUT2D eigenvalue weighted by atomic mass is 16.2. The van der Waals surface area contributed by atoms with E-state index in [1.807, 2.05) is 33.6 Å². The van der Waals surface area contributed by atoms with Crippen molar-refractivity contribution in [2.45, 2.75) is 6.92 Å². The van der Waals surface area contributed by atoms with Crippen LogP contribution in [-0.4, -0.2) is 63.2 Å². The van der Waals surface area contributed by atoms with Gasteiger partial charge in [0.15, 0.2) is 11.5 Å². The molecule has 1 fully saturated rings. The van der Waals surface area contributed by atoms with Crippen molar-refractivity contribution >= 4 is 28.5 Å². The first-order valence-electron chi connectivity index (χ1n) is 10.8. The molecule has 1 N–H and O–H groups in total. The first-order valence-corrected chi connectivity index (χ1v) is 10.8. The van der Waals surface area contributed by atoms with Gasteiger partial charge in [0.25, 0.3) is 0 Å². The number of aromatic nitrogens is 4. The number of nitrogens with one attached hydrogen (secondary N) is 1. The van der Waals surface area contributed by atoms with Gasteiger partial charge >= 0.3 is 6.03 Å². The number of amides is 2. The molecule has 8 heteroatoms. The first kappa shape index (κ1) is 20.0. The normalized spacial score (nSPS) is 14.2. The molecular weight excluding hydrogens is 402 g/mol. The van der Waals surface area contributed by atoms with Crippen molar-refractivity contribution in [3.8, 4) is 11.4 Å². The van der Waals surface area contributed by atoms with Gasteiger partial charge in [-0.25, -0.2) is 14.2 Å². The number of fused-ring (bicyclic) bond motifs is 3. The van der Waals surface area contributed by atoms with Crippen LogP contribution in [0.3, 0.4) is 0 Å². The van der Waals surface area contributed by atoms with Gasteiger partial charge in [0.1, 0.15) is 0 Å². The Bertz CT molecular complexity index is 1290. The molecule has 0 aliphatic carbocycles. The molecule has 0 spiro atoms. The second-order valence-electron chi connectivity index (χ2n) is 7.93. The molecule has 8 nitrogen and oxygen atoms in total. The monoisotopic (exact) mass is 427 g/mol. The summed E-state index contributed by atoms with van der Waals surface area (Å²) < 4.78 is 2.04. The minimum absolute atomic E-state index is 0.0641. The lowest BCUT2D eigenvalue weighted by Gasteiger charge is -2.35. The molecule has 4 aromatic rings. The number of anilines is 1. The van der Waals surface area contributed by atoms with Crippen LogP contribution >= 0.6 is 0 Å². The van der Waals surface area contributed by atoms with Gasteiger partial charge in [0, 0.05) is 43.7 Å². The Balaban J connectivity index is 1.56. The molecule has 2 aromatic carbocycles. The Morgan fingerprint density at radius 1 is 1.06 bits per heavy atom. The molecule has 1 saturated heterocycles. The molecular formula is C24H25N7O. The van der Waals surface area contributed by atoms with E-state index in [-0.39, 0.29) is 6.03 Å². The van der Waals surface area contributed by atoms with E-state index < -0.39 is 0 Å². The van der Waals surface area contributed by atoms with Crippen LogP contribution in [0.1, 0.15) is 5.56 Å². The van der Waals surface area contributed by atoms with Gasteiger partial charge in [0.2, 0.25) is 5.95 Å². The Hall–Kier alpha value is -3.94. The maximum atomic E-state index is 12.3. The number of piperazine rings is 1. The van der Waals surface area contributed by atoms with Crippen LogP contribution in [-0.2, 0) is 0 Å². The van der Waals surface area contributed by atoms with Crippen molar-refractivity contribution in [1.82, 2.24) is 29.8 Å². The van der Waals surface area contributed by atoms with Gasteiger partial charge < -0.3 is 15.1 Å². The summed E-state index contributed by atoms with van der Waals surface area (Å²) >= 11 is 0. The van der Waals surface area contributed by atoms with Crippen LogP contribution in [0.2, 0.25) is 0 Å². The summed E-state index contributed by atoms with van der Waals surface area (Å²) in [6.45, 7) is 8.76. The van der Waals surface area contributed by atoms with E-state index >= 15 is 0 Å². The lowest BCUT2D eigenvalue weighted by Crippen LogP contribution is -2.52. The van der Waals surface area contributed by atoms with Gasteiger partial charge in [0.05, 0.1) is 5.52 Å². The van der Waals surface area contributed by atoms with Crippen LogP contribution in [0.15, 0.2) is 61.2 Å². The molecule has 32 heavy (non-hydrogen) atoms. The molecule has 0 bridgehead atoms. The lowest BCUT2D eigenvalue weighted by molar-refractivity contribution is 0.195. The summed E-state index contributed by atoms with van der Waals surface area (Å²) in [5.74, 6) is 1.56. The Labute approximate surface area is 186 Å². The molecule has 3 heterocycles. The number of benzene rings is 2. The lowest BCUT2D eigenvalue weighted by atomic mass is 10.1. The van der Waals surface area contributed by atoms with Crippen molar-refractivity contribution in [3.63, 3.8) is 0 Å². The predicted octanol–water partition coefficient (Wildman–Crippen LogP) is 3.27. The minimum Gasteiger partial charge on any atom is -0.338 e. The van der Waals surface area contributed by atoms with Gasteiger partial charge in [-0.2, -0.15) is 0 Å². The summed E-state index contributed by atoms with van der Waals surface area (Å²) in [5, 5.41) is 12.9. The molecule has 1 aliphatic heterocycles. The fourth-order valence-corrected chi connectivity index (χ4v) is 4.05. The number of hydrogen-bond acceptors (Lipinski definition) is 5. The highest BCUT2D eigenvalue weighted by Gasteiger charge is 2.25. The zero-order valence-electron chi connectivity index (χ0n) is 18.0. The Morgan fingerprint density at radius 3 is 2.56 bits per heavy atom. The van der Waals surface area contributed by atoms with Crippen LogP contribution in [0.5, 0.6) is 0 Å². The summed E-state index contributed by atoms with van der Waals surface area (Å²) in [6.07, 6.45) is 1.68. The Kier molecular flexibility index (Phi) is 5.18. The SMILES string of the molecule is C=CCNC(=O)N1CCN(c2nc3ccccc3c3nnc(-c4ccc(C)cc4)n23)CC1. The standard InChI is InChI=1S/C24H25N7O/c1-3-12-25-24(32)30-15-13-29(14-16-30)23-26-20-7-5-4-6-19(20)22-28-27-21(31(22)23)18-10-8-17(2)9-11-18/h3-11H,1,12-16H2,2H3,(H,25,32). The number of carbonyl (C=O) groups is 1. The van der Waals surface area contributed by atoms with Crippen molar-refractivity contribution < 1.29 is 4.79 Å². The molecule has 162 valence electrons. The van der Waals surface area contributed by atoms with E-state index in [4.69, 9.17) is 4.98 Å². The molecule has 0 unspecified atom stereocenters. The van der Waals surface area contributed by atoms with E-state index in [9.17, 15) is 4.79 Å². The topological polar surface area (TPSA) is 78.7 Å². The van der Waals surface area contributed by atoms with Crippen molar-refractivity contribution in [2.75, 3.05) is 37.6 Å². The number of hydrogen-bond donors (Lipinski definition) is 1. The van der Waals surface area contributed by atoms with Crippen LogP contribution in [0.25, 0.3) is 27.9 Å². The zero-order chi connectivity index (χ0) is 22.1. The molecule has 1 aliphatic rings. The molecule has 0 saturated carbocycles. The number of rotatable bonds is 4. The molecule has 2 aromatic heterocycles. The number of para-hydroxylation sites is 1. The van der Waals surface area contributed by atoms with Crippen LogP contribution in [0.4, 0.5) is 10.7 Å². The second kappa shape index (κ2) is 8.30. The van der Waals surface area contributed by atoms with Crippen LogP contribution < -0.4 is 10.2 Å². The van der Waals surface area contributed by atoms with E-state index in [1.165, 1.54) is 5.56 Å². The number of nitrogens with zero attached hydrogens (tertiary/aromatic N) is 6. The van der Waals surface area contributed by atoms with E-state index in [0.29, 0.717) is 32.7 Å². The third kappa shape index (κ3) is 3.53. The fraction of sp³-hybridized carbons (Fsp3) is 0.250. The smallest absolute Gasteiger partial charge is 0.317 e. The molecule has 2 amide bonds. The van der Waals surface area contributed by atoms with Crippen molar-refractivity contribution in [3.05, 3.63) is 66.7 Å². The average Bonchev–Trinajstić information content (AvgIpc) is 3.28. The van der Waals surface area contributed by atoms with Crippen molar-refractivity contribution in [1.29, 1.82) is 0 Å². The highest BCUT2D eigenvalue weighted by molar-refractivity contribution is 5.93. The predicted molar refractivity (Wildman–Crippen MR) is 126 cm³/mol. The summed E-state index contributed by atoms with van der Waals surface area (Å²) in [5.41, 5.74) is 3.84. The zero-order valence-corrected chi connectivity index (χ0v) is 18.0. The number of urea groups is 1. The van der Waals surface area contributed by atoms with E-state index in [0.717, 1.165) is 33.9 Å². The number of aryl methyl sites for hydroxylation is 1. The molecule has 0 atom stereocenters. The largest absolute Gasteiger partial charge is 0.338 e. The quantitative estimate of drug-likeness (QED) is 0.506. The highest BCUT2D eigenvalue weighted by Crippen LogP contribution is 2.29. The summed E-state index contributed by atoms with van der Waals surface area (Å²) in [6, 6.07) is 16.2. The molecule has 5 rings (SSSR count). The maximum Gasteiger partial charge on any atom is 0.317 e. The van der Waals surface area contributed by atoms with Gasteiger partial charge in [-0.3, -0.25) is 0 Å². The van der Waals surface area contributed by atoms with Gasteiger partial charge in [-0.05, 0) is 19.1 Å². The Morgan fingerprint density at radius 2 is 1.81 bits per heavy atom. The number of carbonyl (C=O) groups excluding carboxylic acids is 1. The molecule has 0 radical (unpaired) electrons. The summed E-state index contributed by atoms with van der Waals surface area (Å²) in [4.78, 5) is 21.4. The first-order chi connectivity index (χ1) is 15.7. The van der Waals surface area contributed by atoms with E-state index in [2.05, 4.69) is 58.2 Å². The fourth-order valence-electron chi connectivity index (χ4n) is 4.05.